The average molecular weight is 451 g/mol. The molecule has 3 nitrogen and oxygen atoms in total. The molecule has 33 heavy (non-hydrogen) atoms. The maximum absolute atomic E-state index is 9.38. The van der Waals surface area contributed by atoms with Gasteiger partial charge in [-0.05, 0) is 46.5 Å². The van der Waals surface area contributed by atoms with Crippen LogP contribution in [-0.2, 0) is 0 Å². The van der Waals surface area contributed by atoms with Crippen molar-refractivity contribution < 1.29 is 15.3 Å². The largest absolute Gasteiger partial charge is 0.508 e. The van der Waals surface area contributed by atoms with Gasteiger partial charge in [0.25, 0.3) is 0 Å². The van der Waals surface area contributed by atoms with E-state index in [1.54, 1.807) is 48.5 Å². The first kappa shape index (κ1) is 29.8. The van der Waals surface area contributed by atoms with E-state index in [0.717, 1.165) is 5.39 Å². The van der Waals surface area contributed by atoms with Crippen molar-refractivity contribution in [2.24, 2.45) is 0 Å². The number of phenols is 3. The fourth-order valence-corrected chi connectivity index (χ4v) is 2.89. The molecule has 0 atom stereocenters. The van der Waals surface area contributed by atoms with Gasteiger partial charge in [-0.1, -0.05) is 110 Å². The molecule has 4 aromatic rings. The second-order valence-corrected chi connectivity index (χ2v) is 7.30. The van der Waals surface area contributed by atoms with Gasteiger partial charge in [0, 0.05) is 10.8 Å². The van der Waals surface area contributed by atoms with Crippen LogP contribution in [0.25, 0.3) is 21.5 Å². The van der Waals surface area contributed by atoms with E-state index in [9.17, 15) is 15.3 Å². The first-order chi connectivity index (χ1) is 15.9. The van der Waals surface area contributed by atoms with E-state index < -0.39 is 0 Å². The summed E-state index contributed by atoms with van der Waals surface area (Å²) in [6, 6.07) is 22.0. The Kier molecular flexibility index (Phi) is 14.8. The van der Waals surface area contributed by atoms with Crippen LogP contribution in [0.3, 0.4) is 0 Å². The van der Waals surface area contributed by atoms with E-state index >= 15 is 0 Å². The maximum Gasteiger partial charge on any atom is 0.123 e. The Morgan fingerprint density at radius 3 is 1.48 bits per heavy atom. The van der Waals surface area contributed by atoms with Crippen molar-refractivity contribution >= 4 is 21.5 Å². The molecule has 0 heterocycles. The molecule has 3 N–H and O–H groups in total. The first-order valence-electron chi connectivity index (χ1n) is 12.0. The number of hydrogen-bond acceptors (Lipinski definition) is 3. The van der Waals surface area contributed by atoms with Gasteiger partial charge in [-0.15, -0.1) is 0 Å². The highest BCUT2D eigenvalue weighted by atomic mass is 16.3. The molecule has 0 fully saturated rings. The predicted molar refractivity (Wildman–Crippen MR) is 146 cm³/mol. The average Bonchev–Trinajstić information content (AvgIpc) is 2.83. The summed E-state index contributed by atoms with van der Waals surface area (Å²) in [4.78, 5) is 0. The van der Waals surface area contributed by atoms with E-state index in [0.29, 0.717) is 22.4 Å². The van der Waals surface area contributed by atoms with E-state index in [4.69, 9.17) is 0 Å². The van der Waals surface area contributed by atoms with E-state index in [-0.39, 0.29) is 11.5 Å². The minimum atomic E-state index is 0.198. The van der Waals surface area contributed by atoms with Gasteiger partial charge < -0.3 is 15.3 Å². The molecular weight excluding hydrogens is 408 g/mol. The first-order valence-corrected chi connectivity index (χ1v) is 12.0. The summed E-state index contributed by atoms with van der Waals surface area (Å²) >= 11 is 0. The summed E-state index contributed by atoms with van der Waals surface area (Å²) in [5.41, 5.74) is 1.34. The second kappa shape index (κ2) is 16.4. The molecule has 0 aliphatic heterocycles. The number of hydrogen-bond donors (Lipinski definition) is 3. The summed E-state index contributed by atoms with van der Waals surface area (Å²) in [7, 11) is 0. The molecule has 0 aliphatic rings. The molecule has 0 saturated carbocycles. The van der Waals surface area contributed by atoms with Crippen LogP contribution < -0.4 is 0 Å². The Hall–Kier alpha value is -3.20. The van der Waals surface area contributed by atoms with E-state index in [2.05, 4.69) is 45.9 Å². The van der Waals surface area contributed by atoms with Crippen molar-refractivity contribution in [3.63, 3.8) is 0 Å². The lowest BCUT2D eigenvalue weighted by atomic mass is 9.99. The number of rotatable bonds is 1. The van der Waals surface area contributed by atoms with Gasteiger partial charge in [0.1, 0.15) is 17.2 Å². The zero-order valence-electron chi connectivity index (χ0n) is 21.6. The van der Waals surface area contributed by atoms with Crippen LogP contribution in [0.4, 0.5) is 0 Å². The second-order valence-electron chi connectivity index (χ2n) is 7.30. The van der Waals surface area contributed by atoms with Crippen molar-refractivity contribution in [1.29, 1.82) is 0 Å². The fraction of sp³-hybridized carbons (Fsp3) is 0.333. The Morgan fingerprint density at radius 2 is 1.03 bits per heavy atom. The Balaban J connectivity index is 0.000000493. The van der Waals surface area contributed by atoms with E-state index in [1.807, 2.05) is 33.8 Å². The van der Waals surface area contributed by atoms with Crippen LogP contribution in [0.2, 0.25) is 0 Å². The lowest BCUT2D eigenvalue weighted by Crippen LogP contribution is -1.86. The minimum Gasteiger partial charge on any atom is -0.508 e. The number of fused-ring (bicyclic) bond motifs is 2. The van der Waals surface area contributed by atoms with Gasteiger partial charge in [-0.2, -0.15) is 0 Å². The number of benzene rings is 4. The molecule has 4 aromatic carbocycles. The fourth-order valence-electron chi connectivity index (χ4n) is 2.89. The summed E-state index contributed by atoms with van der Waals surface area (Å²) in [6.45, 7) is 16.6. The van der Waals surface area contributed by atoms with Crippen molar-refractivity contribution in [2.45, 2.75) is 67.7 Å². The minimum absolute atomic E-state index is 0.198. The van der Waals surface area contributed by atoms with Gasteiger partial charge in [0.05, 0.1) is 0 Å². The molecular formula is C30H42O3. The molecule has 0 unspecified atom stereocenters. The standard InChI is InChI=1S/C13H14O.C10H8O2.C3H8.2C2H6/c1-9(2)10-3-4-12-8-13(14)6-5-11(12)7-10;11-9-5-1-3-7-8(9)4-2-6-10(7)12;1-3-2;2*1-2/h3-9,14H,1-2H3;1-6,11-12H;3H2,1-2H3;2*1-2H3. The van der Waals surface area contributed by atoms with Crippen molar-refractivity contribution in [3.8, 4) is 17.2 Å². The third kappa shape index (κ3) is 9.44. The quantitative estimate of drug-likeness (QED) is 0.271. The number of phenolic OH excluding ortho intramolecular Hbond substituents is 3. The van der Waals surface area contributed by atoms with Crippen LogP contribution in [0, 0.1) is 0 Å². The third-order valence-electron chi connectivity index (χ3n) is 4.39. The zero-order valence-corrected chi connectivity index (χ0v) is 21.6. The van der Waals surface area contributed by atoms with Crippen molar-refractivity contribution in [3.05, 3.63) is 78.4 Å². The zero-order chi connectivity index (χ0) is 25.4. The van der Waals surface area contributed by atoms with Gasteiger partial charge in [-0.3, -0.25) is 0 Å². The highest BCUT2D eigenvalue weighted by Crippen LogP contribution is 2.30. The normalized spacial score (nSPS) is 9.36. The molecule has 180 valence electrons. The van der Waals surface area contributed by atoms with Gasteiger partial charge in [-0.25, -0.2) is 0 Å². The molecule has 0 aliphatic carbocycles. The molecule has 4 rings (SSSR count). The smallest absolute Gasteiger partial charge is 0.123 e. The van der Waals surface area contributed by atoms with Gasteiger partial charge >= 0.3 is 0 Å². The topological polar surface area (TPSA) is 60.7 Å². The summed E-state index contributed by atoms with van der Waals surface area (Å²) in [5.74, 6) is 1.27. The maximum atomic E-state index is 9.38. The van der Waals surface area contributed by atoms with Crippen LogP contribution >= 0.6 is 0 Å². The SMILES string of the molecule is CC.CC.CC(C)c1ccc2cc(O)ccc2c1.CCC.Oc1cccc2c(O)cccc12. The van der Waals surface area contributed by atoms with E-state index in [1.165, 1.54) is 17.4 Å². The van der Waals surface area contributed by atoms with Crippen LogP contribution in [0.5, 0.6) is 17.2 Å². The van der Waals surface area contributed by atoms with Crippen LogP contribution in [0.15, 0.2) is 72.8 Å². The van der Waals surface area contributed by atoms with Gasteiger partial charge in [0.15, 0.2) is 0 Å². The summed E-state index contributed by atoms with van der Waals surface area (Å²) in [5, 5.41) is 31.7. The predicted octanol–water partition coefficient (Wildman–Crippen LogP) is 9.39. The lowest BCUT2D eigenvalue weighted by Gasteiger charge is -2.06. The third-order valence-corrected chi connectivity index (χ3v) is 4.39. The number of aromatic hydroxyl groups is 3. The van der Waals surface area contributed by atoms with Crippen molar-refractivity contribution in [2.75, 3.05) is 0 Å². The highest BCUT2D eigenvalue weighted by Gasteiger charge is 2.01. The molecule has 0 amide bonds. The Labute approximate surface area is 200 Å². The Morgan fingerprint density at radius 1 is 0.606 bits per heavy atom. The highest BCUT2D eigenvalue weighted by molar-refractivity contribution is 5.92. The summed E-state index contributed by atoms with van der Waals surface area (Å²) < 4.78 is 0. The molecule has 0 saturated heterocycles. The summed E-state index contributed by atoms with van der Waals surface area (Å²) in [6.07, 6.45) is 1.25. The molecule has 0 radical (unpaired) electrons. The van der Waals surface area contributed by atoms with Gasteiger partial charge in [0.2, 0.25) is 0 Å². The molecule has 0 spiro atoms. The molecule has 3 heteroatoms. The Bertz CT molecular complexity index is 1030. The van der Waals surface area contributed by atoms with Crippen LogP contribution in [0.1, 0.15) is 73.3 Å². The lowest BCUT2D eigenvalue weighted by molar-refractivity contribution is 0.475. The van der Waals surface area contributed by atoms with Crippen molar-refractivity contribution in [1.82, 2.24) is 0 Å². The molecule has 0 aromatic heterocycles. The molecule has 0 bridgehead atoms. The monoisotopic (exact) mass is 450 g/mol. The van der Waals surface area contributed by atoms with Crippen LogP contribution in [-0.4, -0.2) is 15.3 Å².